The number of ether oxygens (including phenoxy) is 3. The summed E-state index contributed by atoms with van der Waals surface area (Å²) in [6, 6.07) is 35.1. The molecular weight excluding hydrogens is 703 g/mol. The topological polar surface area (TPSA) is 171 Å². The predicted molar refractivity (Wildman–Crippen MR) is 226 cm³/mol. The van der Waals surface area contributed by atoms with Gasteiger partial charge in [0.15, 0.2) is 0 Å². The first kappa shape index (κ1) is 40.0. The van der Waals surface area contributed by atoms with Crippen molar-refractivity contribution in [1.29, 1.82) is 0 Å². The van der Waals surface area contributed by atoms with E-state index in [1.807, 2.05) is 78.4 Å². The van der Waals surface area contributed by atoms with E-state index in [-0.39, 0.29) is 0 Å². The Kier molecular flexibility index (Phi) is 13.4. The van der Waals surface area contributed by atoms with Gasteiger partial charge < -0.3 is 41.7 Å². The van der Waals surface area contributed by atoms with Crippen molar-refractivity contribution in [2.75, 3.05) is 29.5 Å². The first-order valence-corrected chi connectivity index (χ1v) is 18.0. The normalized spacial score (nSPS) is 10.5. The molecule has 0 amide bonds. The summed E-state index contributed by atoms with van der Waals surface area (Å²) < 4.78 is 18.3. The number of carbonyl (C=O) groups excluding carboxylic acids is 2. The highest BCUT2D eigenvalue weighted by Crippen LogP contribution is 2.25. The Morgan fingerprint density at radius 1 is 0.625 bits per heavy atom. The average molecular weight is 750 g/mol. The van der Waals surface area contributed by atoms with Crippen LogP contribution in [0.4, 0.5) is 22.7 Å². The molecule has 5 aromatic carbocycles. The summed E-state index contributed by atoms with van der Waals surface area (Å²) in [7, 11) is 0. The van der Waals surface area contributed by atoms with E-state index in [0.29, 0.717) is 64.2 Å². The number of nitrogens with zero attached hydrogens (tertiary/aromatic N) is 1. The molecule has 10 nitrogen and oxygen atoms in total. The second-order valence-corrected chi connectivity index (χ2v) is 13.3. The predicted octanol–water partition coefficient (Wildman–Crippen LogP) is 8.31. The molecule has 286 valence electrons. The Labute approximate surface area is 327 Å². The SMILES string of the molecule is C=C(C(=O)Oc1ccc(CCOc2cc(N)ccc2N)cc1)c1ccc(C)cc1.C=C(C)C(=O)Oc1ccc(CCc2ccn(-c3cc(N)ccc3N)c2)cc1. The van der Waals surface area contributed by atoms with Crippen molar-refractivity contribution >= 4 is 40.3 Å². The Bertz CT molecular complexity index is 2310. The number of esters is 2. The monoisotopic (exact) mass is 749 g/mol. The Morgan fingerprint density at radius 2 is 1.18 bits per heavy atom. The molecule has 0 aliphatic rings. The molecule has 0 bridgehead atoms. The largest absolute Gasteiger partial charge is 0.491 e. The molecule has 0 fully saturated rings. The number of anilines is 4. The van der Waals surface area contributed by atoms with E-state index in [2.05, 4.69) is 25.4 Å². The van der Waals surface area contributed by atoms with E-state index in [9.17, 15) is 9.59 Å². The van der Waals surface area contributed by atoms with Crippen molar-refractivity contribution in [3.8, 4) is 22.9 Å². The molecule has 0 aliphatic carbocycles. The number of hydrogen-bond donors (Lipinski definition) is 4. The zero-order valence-corrected chi connectivity index (χ0v) is 31.7. The van der Waals surface area contributed by atoms with Gasteiger partial charge in [0.05, 0.1) is 29.2 Å². The first-order chi connectivity index (χ1) is 26.8. The molecule has 8 N–H and O–H groups in total. The third-order valence-electron chi connectivity index (χ3n) is 8.74. The van der Waals surface area contributed by atoms with E-state index in [1.165, 1.54) is 11.1 Å². The van der Waals surface area contributed by atoms with Gasteiger partial charge in [-0.25, -0.2) is 9.59 Å². The van der Waals surface area contributed by atoms with Crippen LogP contribution in [0, 0.1) is 6.92 Å². The molecule has 0 unspecified atom stereocenters. The summed E-state index contributed by atoms with van der Waals surface area (Å²) in [5.74, 6) is 0.681. The van der Waals surface area contributed by atoms with Crippen molar-refractivity contribution < 1.29 is 23.8 Å². The maximum absolute atomic E-state index is 12.3. The minimum atomic E-state index is -0.470. The van der Waals surface area contributed by atoms with Gasteiger partial charge in [-0.3, -0.25) is 0 Å². The van der Waals surface area contributed by atoms with Crippen LogP contribution < -0.4 is 37.1 Å². The number of hydrogen-bond acceptors (Lipinski definition) is 9. The molecule has 0 aliphatic heterocycles. The highest BCUT2D eigenvalue weighted by atomic mass is 16.5. The van der Waals surface area contributed by atoms with E-state index in [4.69, 9.17) is 37.1 Å². The third kappa shape index (κ3) is 11.4. The molecule has 6 aromatic rings. The summed E-state index contributed by atoms with van der Waals surface area (Å²) in [6.45, 7) is 11.5. The fraction of sp³-hybridized carbons (Fsp3) is 0.130. The van der Waals surface area contributed by atoms with Crippen LogP contribution in [0.1, 0.15) is 34.7 Å². The molecule has 6 rings (SSSR count). The quantitative estimate of drug-likeness (QED) is 0.0392. The summed E-state index contributed by atoms with van der Waals surface area (Å²) in [4.78, 5) is 23.8. The fourth-order valence-electron chi connectivity index (χ4n) is 5.45. The van der Waals surface area contributed by atoms with Gasteiger partial charge in [0.2, 0.25) is 0 Å². The van der Waals surface area contributed by atoms with Crippen LogP contribution in [0.2, 0.25) is 0 Å². The molecule has 0 saturated heterocycles. The summed E-state index contributed by atoms with van der Waals surface area (Å²) >= 11 is 0. The average Bonchev–Trinajstić information content (AvgIpc) is 3.66. The lowest BCUT2D eigenvalue weighted by molar-refractivity contribution is -0.130. The van der Waals surface area contributed by atoms with Crippen molar-refractivity contribution in [2.45, 2.75) is 33.1 Å². The van der Waals surface area contributed by atoms with Gasteiger partial charge in [-0.05, 0) is 110 Å². The minimum Gasteiger partial charge on any atom is -0.491 e. The fourth-order valence-corrected chi connectivity index (χ4v) is 5.45. The number of nitrogens with two attached hydrogens (primary N) is 4. The standard InChI is InChI=1S/C24H24N2O3.C22H23N3O2/c1-16-3-7-19(8-4-16)17(2)24(27)29-21-10-5-18(6-11-21)13-14-28-23-15-20(25)9-12-22(23)26;1-15(2)22(26)27-19-8-5-16(6-9-19)3-4-17-11-12-25(14-17)21-13-18(23)7-10-20(21)24/h3-12,15H,2,13-14,25-26H2,1H3;5-14H,1,3-4,23-24H2,2H3. The molecule has 10 heteroatoms. The van der Waals surface area contributed by atoms with Gasteiger partial charge in [-0.1, -0.05) is 67.3 Å². The number of carbonyl (C=O) groups is 2. The second-order valence-electron chi connectivity index (χ2n) is 13.3. The summed E-state index contributed by atoms with van der Waals surface area (Å²) in [5.41, 5.74) is 32.9. The highest BCUT2D eigenvalue weighted by molar-refractivity contribution is 6.16. The number of nitrogen functional groups attached to an aromatic ring is 4. The Hall–Kier alpha value is -7.20. The molecule has 0 spiro atoms. The van der Waals surface area contributed by atoms with E-state index in [0.717, 1.165) is 35.2 Å². The summed E-state index contributed by atoms with van der Waals surface area (Å²) in [6.07, 6.45) is 6.50. The van der Waals surface area contributed by atoms with Crippen molar-refractivity contribution in [3.05, 3.63) is 174 Å². The molecule has 0 atom stereocenters. The molecule has 1 heterocycles. The smallest absolute Gasteiger partial charge is 0.343 e. The van der Waals surface area contributed by atoms with Crippen LogP contribution in [0.3, 0.4) is 0 Å². The van der Waals surface area contributed by atoms with Crippen LogP contribution in [-0.2, 0) is 28.9 Å². The first-order valence-electron chi connectivity index (χ1n) is 18.0. The van der Waals surface area contributed by atoms with Gasteiger partial charge in [0.1, 0.15) is 17.2 Å². The maximum Gasteiger partial charge on any atom is 0.343 e. The maximum atomic E-state index is 12.3. The van der Waals surface area contributed by atoms with E-state index < -0.39 is 11.9 Å². The van der Waals surface area contributed by atoms with Crippen molar-refractivity contribution in [3.63, 3.8) is 0 Å². The summed E-state index contributed by atoms with van der Waals surface area (Å²) in [5, 5.41) is 0. The van der Waals surface area contributed by atoms with Gasteiger partial charge in [0, 0.05) is 41.8 Å². The van der Waals surface area contributed by atoms with Crippen LogP contribution >= 0.6 is 0 Å². The lowest BCUT2D eigenvalue weighted by Gasteiger charge is -2.10. The lowest BCUT2D eigenvalue weighted by atomic mass is 10.1. The molecule has 0 radical (unpaired) electrons. The minimum absolute atomic E-state index is 0.321. The number of benzene rings is 5. The van der Waals surface area contributed by atoms with Crippen LogP contribution in [0.15, 0.2) is 146 Å². The Morgan fingerprint density at radius 3 is 1.80 bits per heavy atom. The van der Waals surface area contributed by atoms with Gasteiger partial charge in [-0.2, -0.15) is 0 Å². The van der Waals surface area contributed by atoms with Gasteiger partial charge in [-0.15, -0.1) is 0 Å². The second kappa shape index (κ2) is 18.7. The van der Waals surface area contributed by atoms with Gasteiger partial charge in [0.25, 0.3) is 0 Å². The van der Waals surface area contributed by atoms with Crippen molar-refractivity contribution in [1.82, 2.24) is 4.57 Å². The van der Waals surface area contributed by atoms with Crippen LogP contribution in [0.5, 0.6) is 17.2 Å². The number of aromatic nitrogens is 1. The van der Waals surface area contributed by atoms with Crippen molar-refractivity contribution in [2.24, 2.45) is 0 Å². The highest BCUT2D eigenvalue weighted by Gasteiger charge is 2.13. The third-order valence-corrected chi connectivity index (χ3v) is 8.74. The number of aryl methyl sites for hydroxylation is 3. The van der Waals surface area contributed by atoms with Crippen LogP contribution in [0.25, 0.3) is 11.3 Å². The molecule has 1 aromatic heterocycles. The zero-order chi connectivity index (χ0) is 40.2. The lowest BCUT2D eigenvalue weighted by Crippen LogP contribution is -2.09. The Balaban J connectivity index is 0.000000215. The molecule has 56 heavy (non-hydrogen) atoms. The van der Waals surface area contributed by atoms with E-state index in [1.54, 1.807) is 55.5 Å². The molecule has 0 saturated carbocycles. The number of rotatable bonds is 13. The van der Waals surface area contributed by atoms with Crippen LogP contribution in [-0.4, -0.2) is 23.1 Å². The van der Waals surface area contributed by atoms with E-state index >= 15 is 0 Å². The molecular formula is C46H47N5O5. The zero-order valence-electron chi connectivity index (χ0n) is 31.7. The van der Waals surface area contributed by atoms with Gasteiger partial charge >= 0.3 is 11.9 Å².